The van der Waals surface area contributed by atoms with Gasteiger partial charge < -0.3 is 4.57 Å². The van der Waals surface area contributed by atoms with Crippen molar-refractivity contribution in [3.63, 3.8) is 0 Å². The van der Waals surface area contributed by atoms with Crippen molar-refractivity contribution in [3.05, 3.63) is 30.5 Å². The summed E-state index contributed by atoms with van der Waals surface area (Å²) in [5, 5.41) is 1.37. The smallest absolute Gasteiger partial charge is 0.0621 e. The van der Waals surface area contributed by atoms with Crippen molar-refractivity contribution < 1.29 is 0 Å². The van der Waals surface area contributed by atoms with E-state index in [4.69, 9.17) is 0 Å². The maximum absolute atomic E-state index is 2.39. The van der Waals surface area contributed by atoms with Crippen LogP contribution in [0, 0.1) is 0 Å². The highest BCUT2D eigenvalue weighted by Gasteiger charge is 2.17. The van der Waals surface area contributed by atoms with E-state index < -0.39 is 0 Å². The Morgan fingerprint density at radius 3 is 3.23 bits per heavy atom. The fraction of sp³-hybridized carbons (Fsp3) is 0.273. The Bertz CT molecular complexity index is 458. The van der Waals surface area contributed by atoms with Crippen molar-refractivity contribution in [3.8, 4) is 0 Å². The molecule has 0 bridgehead atoms. The number of hydrogen-bond acceptors (Lipinski definition) is 1. The number of thioether (sulfide) groups is 1. The Balaban J connectivity index is 2.45. The molecular formula is C11H11NS. The molecule has 0 saturated heterocycles. The van der Waals surface area contributed by atoms with Crippen LogP contribution in [0.5, 0.6) is 0 Å². The third-order valence-corrected chi connectivity index (χ3v) is 3.95. The third kappa shape index (κ3) is 0.953. The maximum atomic E-state index is 2.39. The molecule has 0 spiro atoms. The van der Waals surface area contributed by atoms with E-state index in [2.05, 4.69) is 42.0 Å². The molecule has 0 N–H and O–H groups in total. The molecule has 1 aromatic carbocycles. The van der Waals surface area contributed by atoms with Crippen LogP contribution in [0.4, 0.5) is 0 Å². The van der Waals surface area contributed by atoms with Crippen LogP contribution in [0.15, 0.2) is 35.4 Å². The Morgan fingerprint density at radius 2 is 2.31 bits per heavy atom. The summed E-state index contributed by atoms with van der Waals surface area (Å²) in [6, 6.07) is 9.40. The van der Waals surface area contributed by atoms with E-state index in [1.54, 1.807) is 0 Å². The molecule has 1 aliphatic heterocycles. The quantitative estimate of drug-likeness (QED) is 0.615. The monoisotopic (exact) mass is 189 g/mol. The van der Waals surface area contributed by atoms with E-state index in [0.29, 0.717) is 6.04 Å². The minimum Gasteiger partial charge on any atom is -0.343 e. The molecule has 0 aliphatic carbocycles. The van der Waals surface area contributed by atoms with Crippen molar-refractivity contribution in [2.24, 2.45) is 0 Å². The molecule has 2 heterocycles. The van der Waals surface area contributed by atoms with Crippen molar-refractivity contribution >= 4 is 22.7 Å². The fourth-order valence-corrected chi connectivity index (χ4v) is 3.08. The van der Waals surface area contributed by atoms with Gasteiger partial charge in [-0.05, 0) is 19.1 Å². The number of benzene rings is 1. The van der Waals surface area contributed by atoms with E-state index in [1.807, 2.05) is 11.8 Å². The van der Waals surface area contributed by atoms with Gasteiger partial charge in [-0.1, -0.05) is 12.1 Å². The van der Waals surface area contributed by atoms with Gasteiger partial charge in [-0.2, -0.15) is 0 Å². The highest BCUT2D eigenvalue weighted by molar-refractivity contribution is 7.99. The van der Waals surface area contributed by atoms with Crippen LogP contribution in [-0.4, -0.2) is 10.3 Å². The van der Waals surface area contributed by atoms with E-state index in [-0.39, 0.29) is 0 Å². The molecule has 1 aliphatic rings. The van der Waals surface area contributed by atoms with Crippen LogP contribution in [0.2, 0.25) is 0 Å². The summed E-state index contributed by atoms with van der Waals surface area (Å²) < 4.78 is 2.39. The summed E-state index contributed by atoms with van der Waals surface area (Å²) in [6.45, 7) is 2.28. The summed E-state index contributed by atoms with van der Waals surface area (Å²) in [4.78, 5) is 1.43. The minimum absolute atomic E-state index is 0.636. The van der Waals surface area contributed by atoms with Crippen molar-refractivity contribution in [1.82, 2.24) is 4.57 Å². The summed E-state index contributed by atoms with van der Waals surface area (Å²) in [5.74, 6) is 1.20. The molecule has 66 valence electrons. The normalized spacial score (nSPS) is 20.8. The number of nitrogens with zero attached hydrogens (tertiary/aromatic N) is 1. The second-order valence-corrected chi connectivity index (χ2v) is 4.64. The molecule has 2 heteroatoms. The maximum Gasteiger partial charge on any atom is 0.0621 e. The van der Waals surface area contributed by atoms with E-state index >= 15 is 0 Å². The Kier molecular flexibility index (Phi) is 1.47. The number of hydrogen-bond donors (Lipinski definition) is 0. The van der Waals surface area contributed by atoms with Crippen molar-refractivity contribution in [2.45, 2.75) is 17.9 Å². The largest absolute Gasteiger partial charge is 0.343 e. The van der Waals surface area contributed by atoms with Crippen molar-refractivity contribution in [1.29, 1.82) is 0 Å². The van der Waals surface area contributed by atoms with Crippen LogP contribution in [0.25, 0.3) is 10.9 Å². The lowest BCUT2D eigenvalue weighted by atomic mass is 10.2. The molecule has 2 aromatic rings. The molecule has 1 aromatic heterocycles. The van der Waals surface area contributed by atoms with Crippen LogP contribution < -0.4 is 0 Å². The molecule has 3 rings (SSSR count). The fourth-order valence-electron chi connectivity index (χ4n) is 1.96. The van der Waals surface area contributed by atoms with Gasteiger partial charge in [0.1, 0.15) is 0 Å². The molecule has 0 fully saturated rings. The predicted octanol–water partition coefficient (Wildman–Crippen LogP) is 3.31. The summed E-state index contributed by atoms with van der Waals surface area (Å²) >= 11 is 1.97. The highest BCUT2D eigenvalue weighted by Crippen LogP contribution is 2.36. The van der Waals surface area contributed by atoms with Gasteiger partial charge in [-0.15, -0.1) is 11.8 Å². The van der Waals surface area contributed by atoms with E-state index in [0.717, 1.165) is 0 Å². The molecule has 1 atom stereocenters. The van der Waals surface area contributed by atoms with Crippen LogP contribution >= 0.6 is 11.8 Å². The zero-order valence-corrected chi connectivity index (χ0v) is 8.34. The lowest BCUT2D eigenvalue weighted by molar-refractivity contribution is 0.623. The molecule has 13 heavy (non-hydrogen) atoms. The van der Waals surface area contributed by atoms with Gasteiger partial charge in [0.15, 0.2) is 0 Å². The first-order chi connectivity index (χ1) is 6.36. The summed E-state index contributed by atoms with van der Waals surface area (Å²) in [7, 11) is 0. The number of rotatable bonds is 0. The Hall–Kier alpha value is -0.890. The van der Waals surface area contributed by atoms with Gasteiger partial charge in [0.2, 0.25) is 0 Å². The van der Waals surface area contributed by atoms with Crippen molar-refractivity contribution in [2.75, 3.05) is 5.75 Å². The Morgan fingerprint density at radius 1 is 1.38 bits per heavy atom. The van der Waals surface area contributed by atoms with Crippen LogP contribution in [0.1, 0.15) is 13.0 Å². The number of aromatic nitrogens is 1. The second-order valence-electron chi connectivity index (χ2n) is 3.58. The first-order valence-corrected chi connectivity index (χ1v) is 5.57. The first-order valence-electron chi connectivity index (χ1n) is 4.58. The summed E-state index contributed by atoms with van der Waals surface area (Å²) in [5.41, 5.74) is 1.42. The van der Waals surface area contributed by atoms with Gasteiger partial charge in [-0.3, -0.25) is 0 Å². The first kappa shape index (κ1) is 7.51. The molecule has 0 amide bonds. The topological polar surface area (TPSA) is 4.93 Å². The van der Waals surface area contributed by atoms with Crippen LogP contribution in [-0.2, 0) is 0 Å². The molecular weight excluding hydrogens is 178 g/mol. The van der Waals surface area contributed by atoms with E-state index in [1.165, 1.54) is 21.6 Å². The average molecular weight is 189 g/mol. The second kappa shape index (κ2) is 2.55. The summed E-state index contributed by atoms with van der Waals surface area (Å²) in [6.07, 6.45) is 2.21. The lowest BCUT2D eigenvalue weighted by Crippen LogP contribution is -2.10. The third-order valence-electron chi connectivity index (χ3n) is 2.66. The van der Waals surface area contributed by atoms with E-state index in [9.17, 15) is 0 Å². The number of para-hydroxylation sites is 1. The molecule has 1 nitrogen and oxygen atoms in total. The minimum atomic E-state index is 0.636. The average Bonchev–Trinajstić information content (AvgIpc) is 2.57. The SMILES string of the molecule is CC1CSc2cccc3ccn1c23. The predicted molar refractivity (Wildman–Crippen MR) is 57.4 cm³/mol. The van der Waals surface area contributed by atoms with Gasteiger partial charge in [0.05, 0.1) is 5.52 Å². The zero-order chi connectivity index (χ0) is 8.84. The molecule has 0 saturated carbocycles. The Labute approximate surface area is 81.7 Å². The van der Waals surface area contributed by atoms with Gasteiger partial charge >= 0.3 is 0 Å². The van der Waals surface area contributed by atoms with Gasteiger partial charge in [0, 0.05) is 28.3 Å². The standard InChI is InChI=1S/C11H11NS/c1-8-7-13-10-4-2-3-9-5-6-12(8)11(9)10/h2-6,8H,7H2,1H3. The van der Waals surface area contributed by atoms with Gasteiger partial charge in [0.25, 0.3) is 0 Å². The highest BCUT2D eigenvalue weighted by atomic mass is 32.2. The molecule has 1 unspecified atom stereocenters. The van der Waals surface area contributed by atoms with Gasteiger partial charge in [-0.25, -0.2) is 0 Å². The zero-order valence-electron chi connectivity index (χ0n) is 7.53. The van der Waals surface area contributed by atoms with Crippen LogP contribution in [0.3, 0.4) is 0 Å². The molecule has 0 radical (unpaired) electrons. The lowest BCUT2D eigenvalue weighted by Gasteiger charge is -2.21.